The van der Waals surface area contributed by atoms with Crippen LogP contribution < -0.4 is 11.1 Å². The molecule has 0 bridgehead atoms. The van der Waals surface area contributed by atoms with Gasteiger partial charge in [-0.15, -0.1) is 5.92 Å². The van der Waals surface area contributed by atoms with Gasteiger partial charge in [0.2, 0.25) is 0 Å². The van der Waals surface area contributed by atoms with Gasteiger partial charge in [-0.3, -0.25) is 0 Å². The maximum Gasteiger partial charge on any atom is 0.0576 e. The zero-order valence-corrected chi connectivity index (χ0v) is 12.4. The molecule has 1 atom stereocenters. The van der Waals surface area contributed by atoms with Crippen molar-refractivity contribution in [3.8, 4) is 11.8 Å². The lowest BCUT2D eigenvalue weighted by Gasteiger charge is -2.07. The first-order valence-electron chi connectivity index (χ1n) is 7.67. The van der Waals surface area contributed by atoms with Crippen LogP contribution in [-0.2, 0) is 0 Å². The fourth-order valence-corrected chi connectivity index (χ4v) is 1.81. The van der Waals surface area contributed by atoms with Gasteiger partial charge in [-0.05, 0) is 38.3 Å². The molecule has 0 aliphatic carbocycles. The van der Waals surface area contributed by atoms with Crippen LogP contribution in [0.1, 0.15) is 65.2 Å². The Hall–Kier alpha value is -0.520. The summed E-state index contributed by atoms with van der Waals surface area (Å²) in [5, 5.41) is 3.36. The molecule has 106 valence electrons. The van der Waals surface area contributed by atoms with Gasteiger partial charge >= 0.3 is 0 Å². The predicted octanol–water partition coefficient (Wildman–Crippen LogP) is 3.31. The zero-order valence-electron chi connectivity index (χ0n) is 12.4. The average Bonchev–Trinajstić information content (AvgIpc) is 2.39. The number of hydrogen-bond donors (Lipinski definition) is 2. The summed E-state index contributed by atoms with van der Waals surface area (Å²) in [5.41, 5.74) is 5.57. The molecule has 0 aromatic rings. The number of unbranched alkanes of at least 4 members (excludes halogenated alkanes) is 5. The standard InChI is InChI=1S/C16H32N2/c1-3-4-5-6-7-8-9-10-13-18-14-11-12-16(2)15-17/h16,18H,3-8,11-15,17H2,1-2H3. The van der Waals surface area contributed by atoms with E-state index in [0.717, 1.165) is 26.1 Å². The third kappa shape index (κ3) is 13.5. The molecule has 0 radical (unpaired) electrons. The van der Waals surface area contributed by atoms with Crippen LogP contribution in [0.25, 0.3) is 0 Å². The van der Waals surface area contributed by atoms with E-state index in [1.54, 1.807) is 0 Å². The summed E-state index contributed by atoms with van der Waals surface area (Å²) in [4.78, 5) is 0. The van der Waals surface area contributed by atoms with E-state index in [9.17, 15) is 0 Å². The van der Waals surface area contributed by atoms with Crippen LogP contribution in [-0.4, -0.2) is 19.6 Å². The van der Waals surface area contributed by atoms with Crippen molar-refractivity contribution >= 4 is 0 Å². The quantitative estimate of drug-likeness (QED) is 0.437. The van der Waals surface area contributed by atoms with Gasteiger partial charge in [0.25, 0.3) is 0 Å². The first-order valence-corrected chi connectivity index (χ1v) is 7.67. The van der Waals surface area contributed by atoms with Gasteiger partial charge in [-0.25, -0.2) is 0 Å². The molecule has 18 heavy (non-hydrogen) atoms. The van der Waals surface area contributed by atoms with Gasteiger partial charge in [0.05, 0.1) is 6.54 Å². The van der Waals surface area contributed by atoms with E-state index < -0.39 is 0 Å². The lowest BCUT2D eigenvalue weighted by atomic mass is 10.1. The Kier molecular flexibility index (Phi) is 14.1. The van der Waals surface area contributed by atoms with Crippen LogP contribution in [0.15, 0.2) is 0 Å². The van der Waals surface area contributed by atoms with Gasteiger partial charge in [0.1, 0.15) is 0 Å². The molecule has 1 unspecified atom stereocenters. The number of nitrogens with two attached hydrogens (primary N) is 1. The highest BCUT2D eigenvalue weighted by Crippen LogP contribution is 2.03. The first kappa shape index (κ1) is 17.5. The molecule has 0 fully saturated rings. The molecule has 2 heteroatoms. The molecule has 0 rings (SSSR count). The lowest BCUT2D eigenvalue weighted by molar-refractivity contribution is 0.508. The second-order valence-corrected chi connectivity index (χ2v) is 5.18. The van der Waals surface area contributed by atoms with Crippen molar-refractivity contribution in [1.82, 2.24) is 5.32 Å². The molecule has 0 saturated heterocycles. The smallest absolute Gasteiger partial charge is 0.0576 e. The fraction of sp³-hybridized carbons (Fsp3) is 0.875. The van der Waals surface area contributed by atoms with Gasteiger partial charge in [0.15, 0.2) is 0 Å². The van der Waals surface area contributed by atoms with Crippen molar-refractivity contribution in [3.63, 3.8) is 0 Å². The van der Waals surface area contributed by atoms with E-state index in [2.05, 4.69) is 31.0 Å². The van der Waals surface area contributed by atoms with Crippen molar-refractivity contribution in [3.05, 3.63) is 0 Å². The van der Waals surface area contributed by atoms with E-state index in [-0.39, 0.29) is 0 Å². The molecule has 0 aliphatic rings. The van der Waals surface area contributed by atoms with E-state index in [1.807, 2.05) is 0 Å². The first-order chi connectivity index (χ1) is 8.81. The van der Waals surface area contributed by atoms with E-state index in [1.165, 1.54) is 44.9 Å². The largest absolute Gasteiger partial charge is 0.330 e. The Morgan fingerprint density at radius 3 is 2.56 bits per heavy atom. The van der Waals surface area contributed by atoms with E-state index in [0.29, 0.717) is 5.92 Å². The minimum atomic E-state index is 0.654. The van der Waals surface area contributed by atoms with Crippen molar-refractivity contribution in [2.75, 3.05) is 19.6 Å². The van der Waals surface area contributed by atoms with Crippen LogP contribution in [0.3, 0.4) is 0 Å². The Bertz CT molecular complexity index is 215. The normalized spacial score (nSPS) is 11.9. The molecule has 0 aliphatic heterocycles. The molecular formula is C16H32N2. The number of nitrogens with one attached hydrogen (secondary N) is 1. The van der Waals surface area contributed by atoms with Crippen molar-refractivity contribution in [2.24, 2.45) is 11.7 Å². The number of hydrogen-bond acceptors (Lipinski definition) is 2. The van der Waals surface area contributed by atoms with Crippen LogP contribution in [0.2, 0.25) is 0 Å². The Morgan fingerprint density at radius 1 is 1.06 bits per heavy atom. The second kappa shape index (κ2) is 14.5. The van der Waals surface area contributed by atoms with Gasteiger partial charge in [-0.2, -0.15) is 0 Å². The highest BCUT2D eigenvalue weighted by atomic mass is 14.8. The highest BCUT2D eigenvalue weighted by molar-refractivity contribution is 5.00. The monoisotopic (exact) mass is 252 g/mol. The second-order valence-electron chi connectivity index (χ2n) is 5.18. The number of rotatable bonds is 11. The molecule has 2 nitrogen and oxygen atoms in total. The summed E-state index contributed by atoms with van der Waals surface area (Å²) in [6.07, 6.45) is 10.2. The molecule has 0 aromatic heterocycles. The maximum atomic E-state index is 5.57. The summed E-state index contributed by atoms with van der Waals surface area (Å²) in [6.45, 7) is 7.16. The highest BCUT2D eigenvalue weighted by Gasteiger charge is 1.96. The van der Waals surface area contributed by atoms with Crippen LogP contribution in [0.4, 0.5) is 0 Å². The SMILES string of the molecule is CCCCCCCC#CCNCCCC(C)CN. The minimum Gasteiger partial charge on any atom is -0.330 e. The lowest BCUT2D eigenvalue weighted by Crippen LogP contribution is -2.17. The Labute approximate surface area is 114 Å². The third-order valence-electron chi connectivity index (χ3n) is 3.20. The van der Waals surface area contributed by atoms with Gasteiger partial charge in [-0.1, -0.05) is 45.5 Å². The van der Waals surface area contributed by atoms with Crippen molar-refractivity contribution in [2.45, 2.75) is 65.2 Å². The Balaban J connectivity index is 3.14. The van der Waals surface area contributed by atoms with Crippen LogP contribution in [0.5, 0.6) is 0 Å². The molecule has 3 N–H and O–H groups in total. The molecule has 0 aromatic carbocycles. The van der Waals surface area contributed by atoms with Gasteiger partial charge in [0, 0.05) is 6.42 Å². The topological polar surface area (TPSA) is 38.0 Å². The third-order valence-corrected chi connectivity index (χ3v) is 3.20. The summed E-state index contributed by atoms with van der Waals surface area (Å²) in [7, 11) is 0. The van der Waals surface area contributed by atoms with Crippen LogP contribution >= 0.6 is 0 Å². The summed E-state index contributed by atoms with van der Waals surface area (Å²) < 4.78 is 0. The van der Waals surface area contributed by atoms with E-state index in [4.69, 9.17) is 5.73 Å². The summed E-state index contributed by atoms with van der Waals surface area (Å²) >= 11 is 0. The predicted molar refractivity (Wildman–Crippen MR) is 81.5 cm³/mol. The average molecular weight is 252 g/mol. The molecular weight excluding hydrogens is 220 g/mol. The summed E-state index contributed by atoms with van der Waals surface area (Å²) in [6, 6.07) is 0. The van der Waals surface area contributed by atoms with E-state index >= 15 is 0 Å². The summed E-state index contributed by atoms with van der Waals surface area (Å²) in [5.74, 6) is 7.09. The zero-order chi connectivity index (χ0) is 13.5. The maximum absolute atomic E-state index is 5.57. The van der Waals surface area contributed by atoms with Crippen molar-refractivity contribution < 1.29 is 0 Å². The Morgan fingerprint density at radius 2 is 1.83 bits per heavy atom. The van der Waals surface area contributed by atoms with Crippen LogP contribution in [0, 0.1) is 17.8 Å². The molecule has 0 spiro atoms. The molecule has 0 saturated carbocycles. The van der Waals surface area contributed by atoms with Crippen molar-refractivity contribution in [1.29, 1.82) is 0 Å². The molecule has 0 heterocycles. The van der Waals surface area contributed by atoms with Gasteiger partial charge < -0.3 is 11.1 Å². The minimum absolute atomic E-state index is 0.654. The molecule has 0 amide bonds. The fourth-order valence-electron chi connectivity index (χ4n) is 1.81.